The van der Waals surface area contributed by atoms with Crippen LogP contribution in [0.1, 0.15) is 25.2 Å². The third-order valence-electron chi connectivity index (χ3n) is 5.29. The van der Waals surface area contributed by atoms with Crippen molar-refractivity contribution in [2.75, 3.05) is 10.9 Å². The van der Waals surface area contributed by atoms with E-state index in [1.165, 1.54) is 0 Å². The maximum atomic E-state index is 4.71. The molecule has 0 atom stereocenters. The van der Waals surface area contributed by atoms with E-state index in [0.29, 0.717) is 23.1 Å². The van der Waals surface area contributed by atoms with Gasteiger partial charge in [-0.1, -0.05) is 54.6 Å². The average molecular weight is 448 g/mol. The van der Waals surface area contributed by atoms with E-state index in [4.69, 9.17) is 4.98 Å². The summed E-state index contributed by atoms with van der Waals surface area (Å²) in [5, 5.41) is 29.2. The largest absolute Gasteiger partial charge is 0.259 e. The van der Waals surface area contributed by atoms with Crippen molar-refractivity contribution >= 4 is 44.6 Å². The normalized spacial score (nSPS) is 12.2. The molecule has 5 rings (SSSR count). The van der Waals surface area contributed by atoms with E-state index < -0.39 is 0 Å². The Labute approximate surface area is 195 Å². The molecular weight excluding hydrogens is 426 g/mol. The second kappa shape index (κ2) is 9.37. The Morgan fingerprint density at radius 2 is 1.09 bits per heavy atom. The molecule has 3 aromatic heterocycles. The third-order valence-corrected chi connectivity index (χ3v) is 5.29. The summed E-state index contributed by atoms with van der Waals surface area (Å²) in [6.07, 6.45) is 3.45. The van der Waals surface area contributed by atoms with Crippen LogP contribution in [-0.4, -0.2) is 36.8 Å². The quantitative estimate of drug-likeness (QED) is 0.288. The number of aromatic nitrogens is 5. The van der Waals surface area contributed by atoms with Crippen molar-refractivity contribution in [3.05, 3.63) is 90.5 Å². The second-order valence-corrected chi connectivity index (χ2v) is 7.59. The Morgan fingerprint density at radius 3 is 1.59 bits per heavy atom. The number of benzene rings is 2. The van der Waals surface area contributed by atoms with Crippen molar-refractivity contribution < 1.29 is 0 Å². The predicted molar refractivity (Wildman–Crippen MR) is 135 cm³/mol. The summed E-state index contributed by atoms with van der Waals surface area (Å²) in [5.41, 5.74) is 8.88. The highest BCUT2D eigenvalue weighted by atomic mass is 15.4. The Bertz CT molecular complexity index is 1420. The lowest BCUT2D eigenvalue weighted by atomic mass is 10.2. The van der Waals surface area contributed by atoms with Gasteiger partial charge in [-0.25, -0.2) is 4.98 Å². The number of hydrazone groups is 2. The molecule has 34 heavy (non-hydrogen) atoms. The zero-order chi connectivity index (χ0) is 23.3. The van der Waals surface area contributed by atoms with Crippen LogP contribution >= 0.6 is 0 Å². The molecule has 0 saturated heterocycles. The van der Waals surface area contributed by atoms with Crippen molar-refractivity contribution in [3.8, 4) is 0 Å². The molecule has 0 spiro atoms. The SMILES string of the molecule is CC(=NNc1nncc2ccccc12)c1cccc(C(C)=NNc2nncc3ccccc23)n1. The number of nitrogens with one attached hydrogen (secondary N) is 2. The van der Waals surface area contributed by atoms with Gasteiger partial charge >= 0.3 is 0 Å². The number of nitrogens with zero attached hydrogens (tertiary/aromatic N) is 7. The van der Waals surface area contributed by atoms with Gasteiger partial charge < -0.3 is 0 Å². The Morgan fingerprint density at radius 1 is 0.618 bits per heavy atom. The molecule has 166 valence electrons. The number of fused-ring (bicyclic) bond motifs is 2. The molecule has 0 aliphatic heterocycles. The van der Waals surface area contributed by atoms with Crippen LogP contribution in [0.25, 0.3) is 21.5 Å². The maximum absolute atomic E-state index is 4.71. The molecule has 0 unspecified atom stereocenters. The van der Waals surface area contributed by atoms with Gasteiger partial charge in [0, 0.05) is 21.5 Å². The number of pyridine rings is 1. The summed E-state index contributed by atoms with van der Waals surface area (Å²) in [6, 6.07) is 21.5. The number of hydrogen-bond donors (Lipinski definition) is 2. The second-order valence-electron chi connectivity index (χ2n) is 7.59. The van der Waals surface area contributed by atoms with E-state index in [1.807, 2.05) is 80.6 Å². The first-order valence-electron chi connectivity index (χ1n) is 10.7. The van der Waals surface area contributed by atoms with Crippen LogP contribution in [0.15, 0.2) is 89.3 Å². The fourth-order valence-electron chi connectivity index (χ4n) is 3.45. The average Bonchev–Trinajstić information content (AvgIpc) is 2.90. The Kier molecular flexibility index (Phi) is 5.81. The van der Waals surface area contributed by atoms with Crippen molar-refractivity contribution in [2.45, 2.75) is 13.8 Å². The van der Waals surface area contributed by atoms with Gasteiger partial charge in [-0.05, 0) is 26.0 Å². The van der Waals surface area contributed by atoms with Gasteiger partial charge in [0.25, 0.3) is 0 Å². The number of rotatable bonds is 6. The molecule has 9 nitrogen and oxygen atoms in total. The highest BCUT2D eigenvalue weighted by Gasteiger charge is 2.07. The summed E-state index contributed by atoms with van der Waals surface area (Å²) in [5.74, 6) is 1.18. The molecule has 0 radical (unpaired) electrons. The fraction of sp³-hybridized carbons (Fsp3) is 0.0800. The maximum Gasteiger partial charge on any atom is 0.176 e. The van der Waals surface area contributed by atoms with Gasteiger partial charge in [-0.15, -0.1) is 10.2 Å². The van der Waals surface area contributed by atoms with Gasteiger partial charge in [-0.2, -0.15) is 20.4 Å². The lowest BCUT2D eigenvalue weighted by Crippen LogP contribution is -2.09. The fourth-order valence-corrected chi connectivity index (χ4v) is 3.45. The van der Waals surface area contributed by atoms with Crippen LogP contribution in [0.5, 0.6) is 0 Å². The van der Waals surface area contributed by atoms with E-state index in [-0.39, 0.29) is 0 Å². The zero-order valence-electron chi connectivity index (χ0n) is 18.6. The van der Waals surface area contributed by atoms with E-state index in [2.05, 4.69) is 41.4 Å². The standard InChI is InChI=1S/C25H21N9/c1-16(29-33-24-20-10-5-3-8-18(20)14-26-31-24)22-12-7-13-23(28-22)17(2)30-34-25-21-11-6-4-9-19(21)15-27-32-25/h3-15H,1-2H3,(H,31,33)(H,32,34). The monoisotopic (exact) mass is 447 g/mol. The predicted octanol–water partition coefficient (Wildman–Crippen LogP) is 4.64. The van der Waals surface area contributed by atoms with Crippen molar-refractivity contribution in [1.29, 1.82) is 0 Å². The molecule has 0 amide bonds. The van der Waals surface area contributed by atoms with E-state index >= 15 is 0 Å². The number of hydrogen-bond acceptors (Lipinski definition) is 9. The van der Waals surface area contributed by atoms with Crippen molar-refractivity contribution in [2.24, 2.45) is 10.2 Å². The van der Waals surface area contributed by atoms with Gasteiger partial charge in [0.05, 0.1) is 35.2 Å². The molecule has 0 saturated carbocycles. The van der Waals surface area contributed by atoms with E-state index in [0.717, 1.165) is 32.9 Å². The topological polar surface area (TPSA) is 113 Å². The Hall–Kier alpha value is -4.79. The molecule has 0 bridgehead atoms. The highest BCUT2D eigenvalue weighted by molar-refractivity contribution is 6.01. The molecule has 5 aromatic rings. The molecule has 9 heteroatoms. The smallest absolute Gasteiger partial charge is 0.176 e. The van der Waals surface area contributed by atoms with Crippen LogP contribution in [0, 0.1) is 0 Å². The molecule has 0 aliphatic rings. The van der Waals surface area contributed by atoms with Crippen LogP contribution in [0.2, 0.25) is 0 Å². The van der Waals surface area contributed by atoms with Crippen molar-refractivity contribution in [1.82, 2.24) is 25.4 Å². The summed E-state index contributed by atoms with van der Waals surface area (Å²) in [7, 11) is 0. The molecule has 2 N–H and O–H groups in total. The first-order valence-corrected chi connectivity index (χ1v) is 10.7. The van der Waals surface area contributed by atoms with E-state index in [9.17, 15) is 0 Å². The van der Waals surface area contributed by atoms with Gasteiger partial charge in [0.1, 0.15) is 0 Å². The van der Waals surface area contributed by atoms with E-state index in [1.54, 1.807) is 12.4 Å². The van der Waals surface area contributed by atoms with Crippen LogP contribution in [-0.2, 0) is 0 Å². The van der Waals surface area contributed by atoms with Gasteiger partial charge in [0.2, 0.25) is 0 Å². The first kappa shape index (κ1) is 21.1. The highest BCUT2D eigenvalue weighted by Crippen LogP contribution is 2.20. The molecule has 2 aromatic carbocycles. The summed E-state index contributed by atoms with van der Waals surface area (Å²) in [4.78, 5) is 4.71. The third kappa shape index (κ3) is 4.40. The van der Waals surface area contributed by atoms with Crippen molar-refractivity contribution in [3.63, 3.8) is 0 Å². The molecule has 3 heterocycles. The number of anilines is 2. The molecular formula is C25H21N9. The zero-order valence-corrected chi connectivity index (χ0v) is 18.6. The lowest BCUT2D eigenvalue weighted by molar-refractivity contribution is 1.04. The van der Waals surface area contributed by atoms with Crippen LogP contribution < -0.4 is 10.9 Å². The van der Waals surface area contributed by atoms with Crippen LogP contribution in [0.3, 0.4) is 0 Å². The summed E-state index contributed by atoms with van der Waals surface area (Å²) in [6.45, 7) is 3.77. The summed E-state index contributed by atoms with van der Waals surface area (Å²) >= 11 is 0. The van der Waals surface area contributed by atoms with Crippen LogP contribution in [0.4, 0.5) is 11.6 Å². The molecule has 0 fully saturated rings. The summed E-state index contributed by atoms with van der Waals surface area (Å²) < 4.78 is 0. The van der Waals surface area contributed by atoms with Gasteiger partial charge in [0.15, 0.2) is 11.6 Å². The Balaban J connectivity index is 1.36. The molecule has 0 aliphatic carbocycles. The minimum atomic E-state index is 0.590. The van der Waals surface area contributed by atoms with Gasteiger partial charge in [-0.3, -0.25) is 10.9 Å². The minimum absolute atomic E-state index is 0.590. The minimum Gasteiger partial charge on any atom is -0.259 e. The lowest BCUT2D eigenvalue weighted by Gasteiger charge is -2.07. The first-order chi connectivity index (χ1) is 16.7.